The molecule has 0 aliphatic heterocycles. The van der Waals surface area contributed by atoms with E-state index >= 15 is 0 Å². The van der Waals surface area contributed by atoms with Gasteiger partial charge in [-0.1, -0.05) is 15.9 Å². The largest absolute Gasteiger partial charge is 0.522 e. The summed E-state index contributed by atoms with van der Waals surface area (Å²) < 4.78 is 56.3. The van der Waals surface area contributed by atoms with Crippen molar-refractivity contribution >= 4 is 15.9 Å². The summed E-state index contributed by atoms with van der Waals surface area (Å²) in [6.07, 6.45) is -4.67. The van der Waals surface area contributed by atoms with Crippen molar-refractivity contribution in [2.45, 2.75) is 6.36 Å². The van der Waals surface area contributed by atoms with Gasteiger partial charge in [-0.3, -0.25) is 4.74 Å². The highest BCUT2D eigenvalue weighted by Crippen LogP contribution is 2.21. The molecule has 90 valence electrons. The summed E-state index contributed by atoms with van der Waals surface area (Å²) in [5.41, 5.74) is 0. The third-order valence-electron chi connectivity index (χ3n) is 1.45. The number of benzene rings is 1. The summed E-state index contributed by atoms with van der Waals surface area (Å²) >= 11 is 3.02. The van der Waals surface area contributed by atoms with Gasteiger partial charge in [0.25, 0.3) is 0 Å². The van der Waals surface area contributed by atoms with Crippen LogP contribution in [0.4, 0.5) is 17.6 Å². The van der Waals surface area contributed by atoms with E-state index in [0.29, 0.717) is 4.47 Å². The predicted octanol–water partition coefficient (Wildman–Crippen LogP) is 3.50. The Morgan fingerprint density at radius 3 is 2.38 bits per heavy atom. The van der Waals surface area contributed by atoms with Crippen LogP contribution in [0.2, 0.25) is 0 Å². The summed E-state index contributed by atoms with van der Waals surface area (Å²) in [5, 5.41) is 0. The van der Waals surface area contributed by atoms with E-state index in [1.54, 1.807) is 0 Å². The Morgan fingerprint density at radius 2 is 1.81 bits per heavy atom. The molecule has 0 aliphatic carbocycles. The molecule has 0 saturated carbocycles. The van der Waals surface area contributed by atoms with Crippen molar-refractivity contribution in [3.05, 3.63) is 28.5 Å². The van der Waals surface area contributed by atoms with Crippen LogP contribution in [0.5, 0.6) is 5.75 Å². The predicted molar refractivity (Wildman–Crippen MR) is 51.6 cm³/mol. The minimum atomic E-state index is -4.67. The quantitative estimate of drug-likeness (QED) is 0.626. The topological polar surface area (TPSA) is 18.5 Å². The van der Waals surface area contributed by atoms with Crippen molar-refractivity contribution in [3.63, 3.8) is 0 Å². The summed E-state index contributed by atoms with van der Waals surface area (Å²) in [4.78, 5) is 0. The van der Waals surface area contributed by atoms with E-state index < -0.39 is 18.8 Å². The van der Waals surface area contributed by atoms with E-state index in [-0.39, 0.29) is 12.4 Å². The molecule has 0 aliphatic rings. The molecule has 0 bridgehead atoms. The third-order valence-corrected chi connectivity index (χ3v) is 1.91. The van der Waals surface area contributed by atoms with E-state index in [1.165, 1.54) is 12.1 Å². The lowest BCUT2D eigenvalue weighted by atomic mass is 10.3. The molecular formula is C9H7BrF4O2. The van der Waals surface area contributed by atoms with Crippen molar-refractivity contribution in [1.29, 1.82) is 0 Å². The number of halogens is 5. The smallest absolute Gasteiger partial charge is 0.491 e. The summed E-state index contributed by atoms with van der Waals surface area (Å²) in [7, 11) is 0. The molecular weight excluding hydrogens is 296 g/mol. The molecule has 1 aromatic rings. The Hall–Kier alpha value is -0.820. The molecule has 0 unspecified atom stereocenters. The van der Waals surface area contributed by atoms with Gasteiger partial charge < -0.3 is 4.74 Å². The highest BCUT2D eigenvalue weighted by atomic mass is 79.9. The molecule has 0 N–H and O–H groups in total. The Bertz CT molecular complexity index is 334. The summed E-state index contributed by atoms with van der Waals surface area (Å²) in [5.74, 6) is -0.404. The van der Waals surface area contributed by atoms with Gasteiger partial charge >= 0.3 is 6.36 Å². The van der Waals surface area contributed by atoms with Crippen LogP contribution in [0.15, 0.2) is 22.7 Å². The molecule has 2 nitrogen and oxygen atoms in total. The molecule has 0 heterocycles. The van der Waals surface area contributed by atoms with Crippen molar-refractivity contribution < 1.29 is 27.0 Å². The van der Waals surface area contributed by atoms with Crippen LogP contribution in [0, 0.1) is 5.82 Å². The lowest BCUT2D eigenvalue weighted by Crippen LogP contribution is -2.18. The van der Waals surface area contributed by atoms with Gasteiger partial charge in [-0.15, -0.1) is 13.2 Å². The van der Waals surface area contributed by atoms with E-state index in [2.05, 4.69) is 20.7 Å². The van der Waals surface area contributed by atoms with Gasteiger partial charge in [-0.05, 0) is 12.1 Å². The molecule has 1 aromatic carbocycles. The van der Waals surface area contributed by atoms with Gasteiger partial charge in [0, 0.05) is 10.5 Å². The zero-order valence-electron chi connectivity index (χ0n) is 7.85. The zero-order chi connectivity index (χ0) is 12.2. The minimum Gasteiger partial charge on any atom is -0.491 e. The molecule has 0 spiro atoms. The lowest BCUT2D eigenvalue weighted by molar-refractivity contribution is -0.325. The average molecular weight is 303 g/mol. The number of rotatable bonds is 4. The molecule has 1 rings (SSSR count). The first-order valence-corrected chi connectivity index (χ1v) is 4.96. The normalized spacial score (nSPS) is 11.6. The van der Waals surface area contributed by atoms with Gasteiger partial charge in [-0.25, -0.2) is 4.39 Å². The van der Waals surface area contributed by atoms with Gasteiger partial charge in [0.15, 0.2) is 0 Å². The highest BCUT2D eigenvalue weighted by molar-refractivity contribution is 9.10. The zero-order valence-corrected chi connectivity index (χ0v) is 9.44. The maximum absolute atomic E-state index is 12.8. The Kier molecular flexibility index (Phi) is 4.55. The first-order valence-electron chi connectivity index (χ1n) is 4.16. The van der Waals surface area contributed by atoms with E-state index in [9.17, 15) is 17.6 Å². The van der Waals surface area contributed by atoms with Gasteiger partial charge in [0.1, 0.15) is 18.2 Å². The molecule has 0 aromatic heterocycles. The second-order valence-electron chi connectivity index (χ2n) is 2.75. The van der Waals surface area contributed by atoms with E-state index in [0.717, 1.165) is 6.07 Å². The first-order chi connectivity index (χ1) is 7.37. The van der Waals surface area contributed by atoms with Crippen molar-refractivity contribution in [3.8, 4) is 5.75 Å². The molecule has 0 radical (unpaired) electrons. The van der Waals surface area contributed by atoms with E-state index in [4.69, 9.17) is 4.74 Å². The van der Waals surface area contributed by atoms with Crippen molar-refractivity contribution in [2.24, 2.45) is 0 Å². The summed E-state index contributed by atoms with van der Waals surface area (Å²) in [6, 6.07) is 3.72. The van der Waals surface area contributed by atoms with Gasteiger partial charge in [0.05, 0.1) is 6.61 Å². The Labute approximate surface area is 97.3 Å². The van der Waals surface area contributed by atoms with Crippen LogP contribution in [-0.4, -0.2) is 19.6 Å². The fraction of sp³-hybridized carbons (Fsp3) is 0.333. The number of hydrogen-bond acceptors (Lipinski definition) is 2. The van der Waals surface area contributed by atoms with Crippen LogP contribution in [0.1, 0.15) is 0 Å². The highest BCUT2D eigenvalue weighted by Gasteiger charge is 2.28. The minimum absolute atomic E-state index is 0.137. The number of hydrogen-bond donors (Lipinski definition) is 0. The van der Waals surface area contributed by atoms with Crippen LogP contribution in [0.3, 0.4) is 0 Å². The van der Waals surface area contributed by atoms with E-state index in [1.807, 2.05) is 0 Å². The monoisotopic (exact) mass is 302 g/mol. The maximum Gasteiger partial charge on any atom is 0.522 e. The summed E-state index contributed by atoms with van der Waals surface area (Å²) in [6.45, 7) is -0.951. The second kappa shape index (κ2) is 5.49. The number of alkyl halides is 3. The second-order valence-corrected chi connectivity index (χ2v) is 3.66. The maximum atomic E-state index is 12.8. The SMILES string of the molecule is Fc1cc(Br)cc(OCCOC(F)(F)F)c1. The van der Waals surface area contributed by atoms with Crippen molar-refractivity contribution in [2.75, 3.05) is 13.2 Å². The Balaban J connectivity index is 2.37. The molecule has 0 saturated heterocycles. The number of ether oxygens (including phenoxy) is 2. The van der Waals surface area contributed by atoms with Crippen LogP contribution < -0.4 is 4.74 Å². The first kappa shape index (κ1) is 13.2. The molecule has 0 atom stereocenters. The standard InChI is InChI=1S/C9H7BrF4O2/c10-6-3-7(11)5-8(4-6)15-1-2-16-9(12,13)14/h3-5H,1-2H2. The van der Waals surface area contributed by atoms with Crippen LogP contribution in [-0.2, 0) is 4.74 Å². The molecule has 16 heavy (non-hydrogen) atoms. The third kappa shape index (κ3) is 5.32. The average Bonchev–Trinajstić information content (AvgIpc) is 2.09. The van der Waals surface area contributed by atoms with Crippen LogP contribution >= 0.6 is 15.9 Å². The fourth-order valence-electron chi connectivity index (χ4n) is 0.929. The van der Waals surface area contributed by atoms with Gasteiger partial charge in [-0.2, -0.15) is 0 Å². The Morgan fingerprint density at radius 1 is 1.12 bits per heavy atom. The molecule has 0 amide bonds. The fourth-order valence-corrected chi connectivity index (χ4v) is 1.37. The molecule has 7 heteroatoms. The lowest BCUT2D eigenvalue weighted by Gasteiger charge is -2.09. The van der Waals surface area contributed by atoms with Crippen LogP contribution in [0.25, 0.3) is 0 Å². The molecule has 0 fully saturated rings. The van der Waals surface area contributed by atoms with Crippen molar-refractivity contribution in [1.82, 2.24) is 0 Å². The van der Waals surface area contributed by atoms with Gasteiger partial charge in [0.2, 0.25) is 0 Å².